The van der Waals surface area contributed by atoms with Crippen molar-refractivity contribution in [2.75, 3.05) is 0 Å². The Labute approximate surface area is 80.1 Å². The van der Waals surface area contributed by atoms with E-state index in [9.17, 15) is 13.6 Å². The highest BCUT2D eigenvalue weighted by Gasteiger charge is 2.08. The van der Waals surface area contributed by atoms with Crippen molar-refractivity contribution in [3.05, 3.63) is 35.4 Å². The molecule has 72 valence electrons. The maximum Gasteiger partial charge on any atom is 0.221 e. The van der Waals surface area contributed by atoms with E-state index < -0.39 is 17.5 Å². The minimum absolute atomic E-state index is 0. The third-order valence-electron chi connectivity index (χ3n) is 1.40. The van der Waals surface area contributed by atoms with Gasteiger partial charge in [0.1, 0.15) is 0 Å². The number of halogens is 3. The summed E-state index contributed by atoms with van der Waals surface area (Å²) >= 11 is 0. The predicted octanol–water partition coefficient (Wildman–Crippen LogP) is 1.41. The molecule has 0 bridgehead atoms. The summed E-state index contributed by atoms with van der Waals surface area (Å²) in [7, 11) is 0. The highest BCUT2D eigenvalue weighted by molar-refractivity contribution is 5.85. The Hall–Kier alpha value is -1.16. The molecule has 0 unspecified atom stereocenters. The zero-order chi connectivity index (χ0) is 9.14. The molecule has 13 heavy (non-hydrogen) atoms. The lowest BCUT2D eigenvalue weighted by atomic mass is 10.1. The molecule has 2 N–H and O–H groups in total. The number of carbonyl (C=O) groups is 1. The lowest BCUT2D eigenvalue weighted by Gasteiger charge is -1.99. The van der Waals surface area contributed by atoms with Crippen LogP contribution in [0.5, 0.6) is 0 Å². The molecule has 1 amide bonds. The van der Waals surface area contributed by atoms with Crippen molar-refractivity contribution >= 4 is 18.3 Å². The highest BCUT2D eigenvalue weighted by Crippen LogP contribution is 2.11. The number of amides is 1. The van der Waals surface area contributed by atoms with Crippen molar-refractivity contribution in [1.82, 2.24) is 0 Å². The molecule has 1 rings (SSSR count). The SMILES string of the molecule is Cl.NC(=O)Cc1cccc(F)c1F. The highest BCUT2D eigenvalue weighted by atomic mass is 35.5. The van der Waals surface area contributed by atoms with Gasteiger partial charge in [-0.25, -0.2) is 8.78 Å². The second-order valence-electron chi connectivity index (χ2n) is 2.36. The molecule has 0 aliphatic carbocycles. The van der Waals surface area contributed by atoms with Crippen molar-refractivity contribution < 1.29 is 13.6 Å². The Balaban J connectivity index is 0.00000144. The van der Waals surface area contributed by atoms with E-state index >= 15 is 0 Å². The van der Waals surface area contributed by atoms with E-state index in [1.54, 1.807) is 0 Å². The Morgan fingerprint density at radius 2 is 2.00 bits per heavy atom. The van der Waals surface area contributed by atoms with Gasteiger partial charge < -0.3 is 5.73 Å². The molecule has 0 fully saturated rings. The number of carbonyl (C=O) groups excluding carboxylic acids is 1. The molecule has 0 saturated heterocycles. The molecule has 0 atom stereocenters. The number of nitrogens with two attached hydrogens (primary N) is 1. The number of hydrogen-bond donors (Lipinski definition) is 1. The zero-order valence-electron chi connectivity index (χ0n) is 6.59. The van der Waals surface area contributed by atoms with E-state index in [2.05, 4.69) is 0 Å². The maximum atomic E-state index is 12.8. The van der Waals surface area contributed by atoms with Gasteiger partial charge in [-0.3, -0.25) is 4.79 Å². The fourth-order valence-corrected chi connectivity index (χ4v) is 0.873. The second kappa shape index (κ2) is 4.77. The molecule has 1 aromatic rings. The number of rotatable bonds is 2. The molecular weight excluding hydrogens is 200 g/mol. The van der Waals surface area contributed by atoms with Crippen LogP contribution in [0, 0.1) is 11.6 Å². The fourth-order valence-electron chi connectivity index (χ4n) is 0.873. The summed E-state index contributed by atoms with van der Waals surface area (Å²) in [5.41, 5.74) is 4.80. The average Bonchev–Trinajstić information content (AvgIpc) is 1.98. The van der Waals surface area contributed by atoms with Gasteiger partial charge in [0.2, 0.25) is 5.91 Å². The number of hydrogen-bond acceptors (Lipinski definition) is 1. The van der Waals surface area contributed by atoms with Gasteiger partial charge in [-0.05, 0) is 6.07 Å². The molecule has 0 aromatic heterocycles. The van der Waals surface area contributed by atoms with Gasteiger partial charge >= 0.3 is 0 Å². The molecule has 0 heterocycles. The molecule has 0 aliphatic heterocycles. The third kappa shape index (κ3) is 2.99. The smallest absolute Gasteiger partial charge is 0.221 e. The molecule has 0 spiro atoms. The van der Waals surface area contributed by atoms with E-state index in [1.807, 2.05) is 0 Å². The average molecular weight is 208 g/mol. The van der Waals surface area contributed by atoms with Crippen LogP contribution in [-0.4, -0.2) is 5.91 Å². The van der Waals surface area contributed by atoms with Crippen LogP contribution in [0.4, 0.5) is 8.78 Å². The lowest BCUT2D eigenvalue weighted by molar-refractivity contribution is -0.117. The molecule has 0 radical (unpaired) electrons. The van der Waals surface area contributed by atoms with E-state index in [1.165, 1.54) is 12.1 Å². The first-order valence-corrected chi connectivity index (χ1v) is 3.32. The van der Waals surface area contributed by atoms with Gasteiger partial charge in [-0.15, -0.1) is 12.4 Å². The van der Waals surface area contributed by atoms with Crippen LogP contribution < -0.4 is 5.73 Å². The van der Waals surface area contributed by atoms with Gasteiger partial charge in [0.05, 0.1) is 6.42 Å². The third-order valence-corrected chi connectivity index (χ3v) is 1.40. The number of benzene rings is 1. The topological polar surface area (TPSA) is 43.1 Å². The summed E-state index contributed by atoms with van der Waals surface area (Å²) < 4.78 is 25.3. The van der Waals surface area contributed by atoms with Crippen LogP contribution in [0.3, 0.4) is 0 Å². The first-order chi connectivity index (χ1) is 5.61. The summed E-state index contributed by atoms with van der Waals surface area (Å²) in [6.07, 6.45) is -0.274. The summed E-state index contributed by atoms with van der Waals surface area (Å²) in [5, 5.41) is 0. The van der Waals surface area contributed by atoms with Crippen molar-refractivity contribution in [3.8, 4) is 0 Å². The zero-order valence-corrected chi connectivity index (χ0v) is 7.41. The fraction of sp³-hybridized carbons (Fsp3) is 0.125. The van der Waals surface area contributed by atoms with Gasteiger partial charge in [-0.2, -0.15) is 0 Å². The first kappa shape index (κ1) is 11.8. The quantitative estimate of drug-likeness (QED) is 0.783. The summed E-state index contributed by atoms with van der Waals surface area (Å²) in [6.45, 7) is 0. The lowest BCUT2D eigenvalue weighted by Crippen LogP contribution is -2.14. The van der Waals surface area contributed by atoms with Gasteiger partial charge in [0, 0.05) is 5.56 Å². The van der Waals surface area contributed by atoms with E-state index in [0.29, 0.717) is 0 Å². The monoisotopic (exact) mass is 207 g/mol. The molecule has 0 saturated carbocycles. The molecule has 5 heteroatoms. The van der Waals surface area contributed by atoms with Crippen molar-refractivity contribution in [1.29, 1.82) is 0 Å². The Kier molecular flexibility index (Phi) is 4.34. The summed E-state index contributed by atoms with van der Waals surface area (Å²) in [6, 6.07) is 3.64. The summed E-state index contributed by atoms with van der Waals surface area (Å²) in [5.74, 6) is -2.65. The first-order valence-electron chi connectivity index (χ1n) is 3.32. The van der Waals surface area contributed by atoms with E-state index in [0.717, 1.165) is 6.07 Å². The van der Waals surface area contributed by atoms with E-state index in [4.69, 9.17) is 5.73 Å². The summed E-state index contributed by atoms with van der Waals surface area (Å²) in [4.78, 5) is 10.4. The van der Waals surface area contributed by atoms with Gasteiger partial charge in [0.25, 0.3) is 0 Å². The molecular formula is C8H8ClF2NO. The van der Waals surface area contributed by atoms with Crippen molar-refractivity contribution in [2.24, 2.45) is 5.73 Å². The minimum Gasteiger partial charge on any atom is -0.369 e. The second-order valence-corrected chi connectivity index (χ2v) is 2.36. The van der Waals surface area contributed by atoms with Crippen molar-refractivity contribution in [3.63, 3.8) is 0 Å². The van der Waals surface area contributed by atoms with Crippen LogP contribution in [0.15, 0.2) is 18.2 Å². The van der Waals surface area contributed by atoms with E-state index in [-0.39, 0.29) is 24.4 Å². The largest absolute Gasteiger partial charge is 0.369 e. The standard InChI is InChI=1S/C8H7F2NO.ClH/c9-6-3-1-2-5(8(6)10)4-7(11)12;/h1-3H,4H2,(H2,11,12);1H. The van der Waals surface area contributed by atoms with Crippen molar-refractivity contribution in [2.45, 2.75) is 6.42 Å². The van der Waals surface area contributed by atoms with Crippen LogP contribution in [0.25, 0.3) is 0 Å². The van der Waals surface area contributed by atoms with Crippen LogP contribution in [-0.2, 0) is 11.2 Å². The van der Waals surface area contributed by atoms with Crippen LogP contribution in [0.2, 0.25) is 0 Å². The molecule has 1 aromatic carbocycles. The van der Waals surface area contributed by atoms with Gasteiger partial charge in [0.15, 0.2) is 11.6 Å². The Bertz CT molecular complexity index is 317. The minimum atomic E-state index is -1.00. The predicted molar refractivity (Wildman–Crippen MR) is 46.5 cm³/mol. The molecule has 0 aliphatic rings. The van der Waals surface area contributed by atoms with Crippen LogP contribution >= 0.6 is 12.4 Å². The normalized spacial score (nSPS) is 9.08. The maximum absolute atomic E-state index is 12.8. The Morgan fingerprint density at radius 1 is 1.38 bits per heavy atom. The number of primary amides is 1. The Morgan fingerprint density at radius 3 is 2.54 bits per heavy atom. The van der Waals surface area contributed by atoms with Crippen LogP contribution in [0.1, 0.15) is 5.56 Å². The van der Waals surface area contributed by atoms with Gasteiger partial charge in [-0.1, -0.05) is 12.1 Å². The molecule has 2 nitrogen and oxygen atoms in total.